The van der Waals surface area contributed by atoms with Crippen LogP contribution >= 0.6 is 11.6 Å². The van der Waals surface area contributed by atoms with Crippen LogP contribution in [-0.2, 0) is 0 Å². The number of anilines is 2. The Morgan fingerprint density at radius 2 is 2.14 bits per heavy atom. The third kappa shape index (κ3) is 4.07. The van der Waals surface area contributed by atoms with Crippen LogP contribution in [-0.4, -0.2) is 28.6 Å². The van der Waals surface area contributed by atoms with Gasteiger partial charge in [0.25, 0.3) is 0 Å². The van der Waals surface area contributed by atoms with Crippen molar-refractivity contribution >= 4 is 39.8 Å². The maximum absolute atomic E-state index is 12.0. The lowest BCUT2D eigenvalue weighted by molar-refractivity contribution is 0.0698. The number of fused-ring (bicyclic) bond motifs is 1. The number of hydrogen-bond acceptors (Lipinski definition) is 4. The number of halogens is 1. The summed E-state index contributed by atoms with van der Waals surface area (Å²) < 4.78 is 0. The summed E-state index contributed by atoms with van der Waals surface area (Å²) in [6, 6.07) is 13.2. The SMILES string of the molecule is CC(c1cccc(C(=O)O)c1Nc1ccnc2cc(Cl)ccc12)C1CCCCN1. The number of carbonyl (C=O) groups is 1. The number of nitrogens with zero attached hydrogens (tertiary/aromatic N) is 1. The molecule has 1 aromatic heterocycles. The second-order valence-corrected chi connectivity index (χ2v) is 8.00. The summed E-state index contributed by atoms with van der Waals surface area (Å²) in [4.78, 5) is 16.4. The van der Waals surface area contributed by atoms with Gasteiger partial charge >= 0.3 is 5.97 Å². The fraction of sp³-hybridized carbons (Fsp3) is 0.304. The highest BCUT2D eigenvalue weighted by molar-refractivity contribution is 6.31. The number of aromatic nitrogens is 1. The van der Waals surface area contributed by atoms with E-state index in [0.29, 0.717) is 16.8 Å². The molecule has 0 aliphatic carbocycles. The largest absolute Gasteiger partial charge is 0.478 e. The normalized spacial score (nSPS) is 17.8. The van der Waals surface area contributed by atoms with Gasteiger partial charge in [0, 0.05) is 28.3 Å². The monoisotopic (exact) mass is 409 g/mol. The van der Waals surface area contributed by atoms with E-state index in [4.69, 9.17) is 11.6 Å². The van der Waals surface area contributed by atoms with Gasteiger partial charge in [0.15, 0.2) is 0 Å². The Kier molecular flexibility index (Phi) is 5.69. The number of rotatable bonds is 5. The summed E-state index contributed by atoms with van der Waals surface area (Å²) in [5.74, 6) is -0.765. The molecule has 6 heteroatoms. The van der Waals surface area contributed by atoms with E-state index >= 15 is 0 Å². The summed E-state index contributed by atoms with van der Waals surface area (Å²) in [6.45, 7) is 3.17. The maximum Gasteiger partial charge on any atom is 0.337 e. The Labute approximate surface area is 175 Å². The van der Waals surface area contributed by atoms with Crippen molar-refractivity contribution in [3.63, 3.8) is 0 Å². The van der Waals surface area contributed by atoms with Crippen LogP contribution in [0.4, 0.5) is 11.4 Å². The van der Waals surface area contributed by atoms with Crippen molar-refractivity contribution in [2.24, 2.45) is 0 Å². The second-order valence-electron chi connectivity index (χ2n) is 7.57. The number of para-hydroxylation sites is 1. The molecule has 2 aromatic carbocycles. The number of piperidine rings is 1. The van der Waals surface area contributed by atoms with Crippen LogP contribution in [0.5, 0.6) is 0 Å². The molecule has 0 spiro atoms. The van der Waals surface area contributed by atoms with Crippen LogP contribution in [0.3, 0.4) is 0 Å². The second kappa shape index (κ2) is 8.39. The Balaban J connectivity index is 1.79. The van der Waals surface area contributed by atoms with Gasteiger partial charge in [-0.2, -0.15) is 0 Å². The number of nitrogens with one attached hydrogen (secondary N) is 2. The van der Waals surface area contributed by atoms with Crippen molar-refractivity contribution in [1.29, 1.82) is 0 Å². The molecule has 4 rings (SSSR count). The molecule has 1 aliphatic heterocycles. The first-order chi connectivity index (χ1) is 14.0. The number of pyridine rings is 1. The van der Waals surface area contributed by atoms with Gasteiger partial charge in [0.2, 0.25) is 0 Å². The van der Waals surface area contributed by atoms with Gasteiger partial charge in [-0.1, -0.05) is 37.1 Å². The van der Waals surface area contributed by atoms with Crippen molar-refractivity contribution in [2.45, 2.75) is 38.1 Å². The zero-order valence-corrected chi connectivity index (χ0v) is 17.0. The summed E-state index contributed by atoms with van der Waals surface area (Å²) in [5, 5.41) is 18.3. The molecule has 3 N–H and O–H groups in total. The van der Waals surface area contributed by atoms with Crippen LogP contribution < -0.4 is 10.6 Å². The zero-order chi connectivity index (χ0) is 20.4. The molecule has 1 fully saturated rings. The molecule has 1 saturated heterocycles. The quantitative estimate of drug-likeness (QED) is 0.513. The van der Waals surface area contributed by atoms with Gasteiger partial charge in [-0.15, -0.1) is 0 Å². The van der Waals surface area contributed by atoms with Crippen LogP contribution in [0.25, 0.3) is 10.9 Å². The molecule has 5 nitrogen and oxygen atoms in total. The Morgan fingerprint density at radius 3 is 2.90 bits per heavy atom. The number of carboxylic acids is 1. The highest BCUT2D eigenvalue weighted by Crippen LogP contribution is 2.36. The molecule has 2 unspecified atom stereocenters. The van der Waals surface area contributed by atoms with Crippen LogP contribution in [0.2, 0.25) is 5.02 Å². The van der Waals surface area contributed by atoms with Crippen molar-refractivity contribution in [3.05, 3.63) is 64.8 Å². The van der Waals surface area contributed by atoms with E-state index in [2.05, 4.69) is 22.5 Å². The first kappa shape index (κ1) is 19.7. The molecule has 0 saturated carbocycles. The Morgan fingerprint density at radius 1 is 1.28 bits per heavy atom. The number of aromatic carboxylic acids is 1. The van der Waals surface area contributed by atoms with E-state index in [9.17, 15) is 9.90 Å². The third-order valence-corrected chi connectivity index (χ3v) is 5.97. The minimum Gasteiger partial charge on any atom is -0.478 e. The highest BCUT2D eigenvalue weighted by Gasteiger charge is 2.25. The van der Waals surface area contributed by atoms with Gasteiger partial charge in [0.1, 0.15) is 0 Å². The van der Waals surface area contributed by atoms with Gasteiger partial charge in [0.05, 0.1) is 16.8 Å². The Hall–Kier alpha value is -2.63. The molecule has 0 amide bonds. The molecule has 0 radical (unpaired) electrons. The average Bonchev–Trinajstić information content (AvgIpc) is 2.73. The molecule has 3 aromatic rings. The summed E-state index contributed by atoms with van der Waals surface area (Å²) in [6.07, 6.45) is 5.18. The van der Waals surface area contributed by atoms with Crippen molar-refractivity contribution < 1.29 is 9.90 Å². The molecular formula is C23H24ClN3O2. The molecular weight excluding hydrogens is 386 g/mol. The third-order valence-electron chi connectivity index (χ3n) is 5.73. The van der Waals surface area contributed by atoms with Crippen molar-refractivity contribution in [3.8, 4) is 0 Å². The van der Waals surface area contributed by atoms with Gasteiger partial charge < -0.3 is 15.7 Å². The smallest absolute Gasteiger partial charge is 0.337 e. The number of carboxylic acid groups (broad SMARTS) is 1. The van der Waals surface area contributed by atoms with E-state index in [1.165, 1.54) is 12.8 Å². The van der Waals surface area contributed by atoms with Gasteiger partial charge in [-0.3, -0.25) is 4.98 Å². The van der Waals surface area contributed by atoms with Gasteiger partial charge in [-0.05, 0) is 61.2 Å². The fourth-order valence-electron chi connectivity index (χ4n) is 4.15. The van der Waals surface area contributed by atoms with Gasteiger partial charge in [-0.25, -0.2) is 4.79 Å². The molecule has 2 heterocycles. The van der Waals surface area contributed by atoms with E-state index in [1.54, 1.807) is 18.3 Å². The van der Waals surface area contributed by atoms with Crippen molar-refractivity contribution in [1.82, 2.24) is 10.3 Å². The highest BCUT2D eigenvalue weighted by atomic mass is 35.5. The number of benzene rings is 2. The average molecular weight is 410 g/mol. The van der Waals surface area contributed by atoms with Crippen LogP contribution in [0.15, 0.2) is 48.7 Å². The minimum absolute atomic E-state index is 0.180. The standard InChI is InChI=1S/C23H24ClN3O2/c1-14(19-7-2-3-11-25-19)16-5-4-6-18(23(28)29)22(16)27-20-10-12-26-21-13-15(24)8-9-17(20)21/h4-6,8-10,12-14,19,25H,2-3,7,11H2,1H3,(H,26,27)(H,28,29). The van der Waals surface area contributed by atoms with Crippen molar-refractivity contribution in [2.75, 3.05) is 11.9 Å². The van der Waals surface area contributed by atoms with Crippen LogP contribution in [0, 0.1) is 0 Å². The first-order valence-electron chi connectivity index (χ1n) is 9.95. The molecule has 1 aliphatic rings. The van der Waals surface area contributed by atoms with E-state index in [-0.39, 0.29) is 11.5 Å². The minimum atomic E-state index is -0.945. The van der Waals surface area contributed by atoms with E-state index in [0.717, 1.165) is 35.1 Å². The molecule has 29 heavy (non-hydrogen) atoms. The predicted octanol–water partition coefficient (Wildman–Crippen LogP) is 5.58. The van der Waals surface area contributed by atoms with E-state index < -0.39 is 5.97 Å². The fourth-order valence-corrected chi connectivity index (χ4v) is 4.32. The lowest BCUT2D eigenvalue weighted by Crippen LogP contribution is -2.38. The lowest BCUT2D eigenvalue weighted by atomic mass is 9.86. The summed E-state index contributed by atoms with van der Waals surface area (Å²) >= 11 is 6.11. The summed E-state index contributed by atoms with van der Waals surface area (Å²) in [5.41, 5.74) is 3.49. The molecule has 0 bridgehead atoms. The Bertz CT molecular complexity index is 1050. The first-order valence-corrected chi connectivity index (χ1v) is 10.3. The molecule has 2 atom stereocenters. The van der Waals surface area contributed by atoms with Crippen LogP contribution in [0.1, 0.15) is 48.0 Å². The predicted molar refractivity (Wildman–Crippen MR) is 117 cm³/mol. The lowest BCUT2D eigenvalue weighted by Gasteiger charge is -2.31. The topological polar surface area (TPSA) is 74.2 Å². The number of hydrogen-bond donors (Lipinski definition) is 3. The van der Waals surface area contributed by atoms with E-state index in [1.807, 2.05) is 30.3 Å². The maximum atomic E-state index is 12.0. The molecule has 150 valence electrons. The zero-order valence-electron chi connectivity index (χ0n) is 16.3. The summed E-state index contributed by atoms with van der Waals surface area (Å²) in [7, 11) is 0.